The molecule has 0 bridgehead atoms. The molecule has 1 aliphatic heterocycles. The second-order valence-electron chi connectivity index (χ2n) is 7.43. The summed E-state index contributed by atoms with van der Waals surface area (Å²) in [5.74, 6) is -0.571. The molecule has 6 heteroatoms. The van der Waals surface area contributed by atoms with Crippen LogP contribution in [-0.4, -0.2) is 28.9 Å². The van der Waals surface area contributed by atoms with Crippen LogP contribution in [0.15, 0.2) is 41.2 Å². The van der Waals surface area contributed by atoms with Crippen molar-refractivity contribution in [3.63, 3.8) is 0 Å². The molecule has 1 amide bonds. The van der Waals surface area contributed by atoms with E-state index in [1.54, 1.807) is 19.1 Å². The molecule has 28 heavy (non-hydrogen) atoms. The molecule has 2 aromatic carbocycles. The average Bonchev–Trinajstić information content (AvgIpc) is 2.66. The number of nitrogens with zero attached hydrogens (tertiary/aromatic N) is 1. The van der Waals surface area contributed by atoms with Crippen LogP contribution in [0.5, 0.6) is 0 Å². The number of amides is 1. The first-order valence-corrected chi connectivity index (χ1v) is 9.33. The van der Waals surface area contributed by atoms with Crippen LogP contribution < -0.4 is 10.7 Å². The van der Waals surface area contributed by atoms with Gasteiger partial charge in [0.1, 0.15) is 5.82 Å². The zero-order chi connectivity index (χ0) is 19.8. The molecule has 4 rings (SSSR count). The van der Waals surface area contributed by atoms with Crippen LogP contribution in [0.2, 0.25) is 0 Å². The maximum absolute atomic E-state index is 13.7. The van der Waals surface area contributed by atoms with Crippen LogP contribution in [0.4, 0.5) is 10.1 Å². The van der Waals surface area contributed by atoms with E-state index in [0.29, 0.717) is 36.1 Å². The first-order chi connectivity index (χ1) is 13.4. The number of carbonyl (C=O) groups is 1. The Morgan fingerprint density at radius 3 is 2.82 bits per heavy atom. The van der Waals surface area contributed by atoms with Crippen LogP contribution in [0, 0.1) is 19.7 Å². The van der Waals surface area contributed by atoms with E-state index < -0.39 is 0 Å². The lowest BCUT2D eigenvalue weighted by Crippen LogP contribution is -2.39. The van der Waals surface area contributed by atoms with Crippen LogP contribution in [0.3, 0.4) is 0 Å². The van der Waals surface area contributed by atoms with Crippen LogP contribution in [0.1, 0.15) is 22.4 Å². The Labute approximate surface area is 162 Å². The highest BCUT2D eigenvalue weighted by molar-refractivity contribution is 5.92. The molecular weight excluding hydrogens is 357 g/mol. The Balaban J connectivity index is 1.51. The van der Waals surface area contributed by atoms with Gasteiger partial charge in [0.2, 0.25) is 5.91 Å². The summed E-state index contributed by atoms with van der Waals surface area (Å²) < 4.78 is 13.7. The molecule has 0 fully saturated rings. The number of H-pyrrole nitrogens is 1. The number of carbonyl (C=O) groups excluding carboxylic acids is 1. The van der Waals surface area contributed by atoms with Crippen molar-refractivity contribution >= 4 is 22.5 Å². The molecule has 0 unspecified atom stereocenters. The molecule has 0 saturated carbocycles. The number of benzene rings is 2. The molecule has 3 aromatic rings. The quantitative estimate of drug-likeness (QED) is 0.734. The fourth-order valence-electron chi connectivity index (χ4n) is 3.65. The number of fused-ring (bicyclic) bond motifs is 2. The topological polar surface area (TPSA) is 65.2 Å². The van der Waals surface area contributed by atoms with Gasteiger partial charge in [-0.25, -0.2) is 4.39 Å². The van der Waals surface area contributed by atoms with Crippen molar-refractivity contribution in [2.45, 2.75) is 26.8 Å². The minimum atomic E-state index is -0.349. The van der Waals surface area contributed by atoms with Crippen molar-refractivity contribution in [1.29, 1.82) is 0 Å². The van der Waals surface area contributed by atoms with Gasteiger partial charge in [0.15, 0.2) is 5.43 Å². The zero-order valence-electron chi connectivity index (χ0n) is 15.9. The molecule has 144 valence electrons. The minimum Gasteiger partial charge on any atom is -0.358 e. The van der Waals surface area contributed by atoms with Crippen molar-refractivity contribution in [2.75, 3.05) is 18.4 Å². The lowest BCUT2D eigenvalue weighted by molar-refractivity contribution is -0.117. The number of anilines is 1. The SMILES string of the molecule is Cc1ccc2[nH]c3c(c(=O)c2c1)CN(CC(=O)Nc1ccc(C)c(F)c1)CC3. The lowest BCUT2D eigenvalue weighted by Gasteiger charge is -2.28. The first kappa shape index (κ1) is 18.4. The van der Waals surface area contributed by atoms with Crippen LogP contribution >= 0.6 is 0 Å². The number of hydrogen-bond donors (Lipinski definition) is 2. The molecule has 1 aliphatic rings. The second-order valence-corrected chi connectivity index (χ2v) is 7.43. The molecule has 2 heterocycles. The largest absolute Gasteiger partial charge is 0.358 e. The highest BCUT2D eigenvalue weighted by Crippen LogP contribution is 2.19. The van der Waals surface area contributed by atoms with E-state index in [4.69, 9.17) is 0 Å². The predicted octanol–water partition coefficient (Wildman–Crippen LogP) is 3.28. The summed E-state index contributed by atoms with van der Waals surface area (Å²) in [6.45, 7) is 4.89. The molecule has 0 atom stereocenters. The molecule has 0 radical (unpaired) electrons. The number of aromatic nitrogens is 1. The molecule has 0 spiro atoms. The van der Waals surface area contributed by atoms with Gasteiger partial charge in [-0.3, -0.25) is 14.5 Å². The zero-order valence-corrected chi connectivity index (χ0v) is 15.9. The van der Waals surface area contributed by atoms with E-state index in [1.165, 1.54) is 6.07 Å². The summed E-state index contributed by atoms with van der Waals surface area (Å²) >= 11 is 0. The normalized spacial score (nSPS) is 14.1. The summed E-state index contributed by atoms with van der Waals surface area (Å²) in [5, 5.41) is 3.41. The Kier molecular flexibility index (Phi) is 4.73. The Morgan fingerprint density at radius 2 is 2.04 bits per heavy atom. The number of aromatic amines is 1. The van der Waals surface area contributed by atoms with Crippen molar-refractivity contribution in [3.8, 4) is 0 Å². The number of pyridine rings is 1. The Morgan fingerprint density at radius 1 is 1.21 bits per heavy atom. The van der Waals surface area contributed by atoms with Gasteiger partial charge in [0.25, 0.3) is 0 Å². The Bertz CT molecular complexity index is 1140. The average molecular weight is 379 g/mol. The minimum absolute atomic E-state index is 0.0261. The van der Waals surface area contributed by atoms with Crippen LogP contribution in [0.25, 0.3) is 10.9 Å². The summed E-state index contributed by atoms with van der Waals surface area (Å²) in [4.78, 5) is 30.6. The van der Waals surface area contributed by atoms with E-state index in [0.717, 1.165) is 22.3 Å². The Hall–Kier alpha value is -2.99. The van der Waals surface area contributed by atoms with E-state index in [2.05, 4.69) is 10.3 Å². The number of rotatable bonds is 3. The molecule has 0 aliphatic carbocycles. The van der Waals surface area contributed by atoms with Gasteiger partial charge >= 0.3 is 0 Å². The first-order valence-electron chi connectivity index (χ1n) is 9.33. The summed E-state index contributed by atoms with van der Waals surface area (Å²) in [6, 6.07) is 10.4. The van der Waals surface area contributed by atoms with E-state index >= 15 is 0 Å². The van der Waals surface area contributed by atoms with Gasteiger partial charge in [0, 0.05) is 47.4 Å². The van der Waals surface area contributed by atoms with Crippen molar-refractivity contribution < 1.29 is 9.18 Å². The molecule has 2 N–H and O–H groups in total. The standard InChI is InChI=1S/C22H22FN3O2/c1-13-3-6-19-16(9-13)22(28)17-11-26(8-7-20(17)25-19)12-21(27)24-15-5-4-14(2)18(23)10-15/h3-6,9-10H,7-8,11-12H2,1-2H3,(H,24,27)(H,25,28). The van der Waals surface area contributed by atoms with Gasteiger partial charge in [0.05, 0.1) is 6.54 Å². The van der Waals surface area contributed by atoms with Crippen LogP contribution in [-0.2, 0) is 17.8 Å². The number of aryl methyl sites for hydroxylation is 2. The number of halogens is 1. The predicted molar refractivity (Wildman–Crippen MR) is 108 cm³/mol. The number of hydrogen-bond acceptors (Lipinski definition) is 3. The fraction of sp³-hybridized carbons (Fsp3) is 0.273. The fourth-order valence-corrected chi connectivity index (χ4v) is 3.65. The van der Waals surface area contributed by atoms with Gasteiger partial charge < -0.3 is 10.3 Å². The maximum Gasteiger partial charge on any atom is 0.238 e. The van der Waals surface area contributed by atoms with E-state index in [9.17, 15) is 14.0 Å². The third-order valence-electron chi connectivity index (χ3n) is 5.23. The highest BCUT2D eigenvalue weighted by atomic mass is 19.1. The maximum atomic E-state index is 13.7. The number of nitrogens with one attached hydrogen (secondary N) is 2. The van der Waals surface area contributed by atoms with Gasteiger partial charge in [-0.15, -0.1) is 0 Å². The second kappa shape index (κ2) is 7.20. The van der Waals surface area contributed by atoms with E-state index in [1.807, 2.05) is 30.0 Å². The van der Waals surface area contributed by atoms with Gasteiger partial charge in [-0.1, -0.05) is 17.7 Å². The third kappa shape index (κ3) is 3.55. The third-order valence-corrected chi connectivity index (χ3v) is 5.23. The van der Waals surface area contributed by atoms with Crippen molar-refractivity contribution in [2.24, 2.45) is 0 Å². The van der Waals surface area contributed by atoms with Gasteiger partial charge in [-0.2, -0.15) is 0 Å². The molecule has 1 aromatic heterocycles. The smallest absolute Gasteiger partial charge is 0.238 e. The van der Waals surface area contributed by atoms with Gasteiger partial charge in [-0.05, 0) is 43.7 Å². The lowest BCUT2D eigenvalue weighted by atomic mass is 10.0. The summed E-state index contributed by atoms with van der Waals surface area (Å²) in [6.07, 6.45) is 0.681. The summed E-state index contributed by atoms with van der Waals surface area (Å²) in [7, 11) is 0. The monoisotopic (exact) mass is 379 g/mol. The van der Waals surface area contributed by atoms with E-state index in [-0.39, 0.29) is 23.7 Å². The molecular formula is C22H22FN3O2. The van der Waals surface area contributed by atoms with Crippen molar-refractivity contribution in [1.82, 2.24) is 9.88 Å². The molecule has 0 saturated heterocycles. The highest BCUT2D eigenvalue weighted by Gasteiger charge is 2.22. The molecule has 5 nitrogen and oxygen atoms in total. The van der Waals surface area contributed by atoms with Crippen molar-refractivity contribution in [3.05, 3.63) is 74.8 Å². The summed E-state index contributed by atoms with van der Waals surface area (Å²) in [5.41, 5.74) is 4.55.